The molecule has 0 bridgehead atoms. The third-order valence-electron chi connectivity index (χ3n) is 1.88. The minimum Gasteiger partial charge on any atom is -0.384 e. The number of nitrogens with zero attached hydrogens (tertiary/aromatic N) is 2. The van der Waals surface area contributed by atoms with Crippen molar-refractivity contribution in [2.45, 2.75) is 20.3 Å². The topological polar surface area (TPSA) is 73.1 Å². The van der Waals surface area contributed by atoms with E-state index in [0.29, 0.717) is 17.7 Å². The standard InChI is InChI=1S/C11H20N4O/c1-9(2)8-16-7-3-5-13-11-14-6-4-10(12)15-11/h4,6,9H,3,5,7-8H2,1-2H3,(H3,12,13,14,15). The van der Waals surface area contributed by atoms with E-state index in [-0.39, 0.29) is 0 Å². The summed E-state index contributed by atoms with van der Waals surface area (Å²) in [5, 5.41) is 3.09. The molecule has 0 saturated heterocycles. The van der Waals surface area contributed by atoms with Crippen LogP contribution in [0.15, 0.2) is 12.3 Å². The Morgan fingerprint density at radius 3 is 3.00 bits per heavy atom. The number of rotatable bonds is 7. The molecule has 0 aliphatic heterocycles. The maximum absolute atomic E-state index is 5.53. The molecule has 0 aromatic carbocycles. The lowest BCUT2D eigenvalue weighted by atomic mass is 10.2. The van der Waals surface area contributed by atoms with Crippen molar-refractivity contribution in [2.75, 3.05) is 30.8 Å². The average Bonchev–Trinajstić information content (AvgIpc) is 2.23. The van der Waals surface area contributed by atoms with Crippen molar-refractivity contribution in [1.29, 1.82) is 0 Å². The van der Waals surface area contributed by atoms with Crippen LogP contribution in [0.5, 0.6) is 0 Å². The molecule has 0 atom stereocenters. The van der Waals surface area contributed by atoms with Crippen molar-refractivity contribution >= 4 is 11.8 Å². The number of hydrogen-bond donors (Lipinski definition) is 2. The van der Waals surface area contributed by atoms with Crippen LogP contribution in [0.2, 0.25) is 0 Å². The largest absolute Gasteiger partial charge is 0.384 e. The van der Waals surface area contributed by atoms with Crippen LogP contribution in [0.25, 0.3) is 0 Å². The fourth-order valence-corrected chi connectivity index (χ4v) is 1.15. The molecule has 0 amide bonds. The Bertz CT molecular complexity index is 304. The van der Waals surface area contributed by atoms with E-state index in [2.05, 4.69) is 29.1 Å². The van der Waals surface area contributed by atoms with Gasteiger partial charge in [0.2, 0.25) is 5.95 Å². The molecule has 1 aromatic rings. The highest BCUT2D eigenvalue weighted by atomic mass is 16.5. The van der Waals surface area contributed by atoms with E-state index in [0.717, 1.165) is 26.2 Å². The van der Waals surface area contributed by atoms with Crippen LogP contribution >= 0.6 is 0 Å². The first kappa shape index (κ1) is 12.7. The van der Waals surface area contributed by atoms with Crippen LogP contribution in [-0.4, -0.2) is 29.7 Å². The molecule has 0 spiro atoms. The Balaban J connectivity index is 2.07. The summed E-state index contributed by atoms with van der Waals surface area (Å²) in [5.41, 5.74) is 5.53. The van der Waals surface area contributed by atoms with Gasteiger partial charge in [-0.3, -0.25) is 0 Å². The number of nitrogens with two attached hydrogens (primary N) is 1. The Labute approximate surface area is 96.4 Å². The second kappa shape index (κ2) is 7.00. The predicted molar refractivity (Wildman–Crippen MR) is 65.2 cm³/mol. The van der Waals surface area contributed by atoms with Gasteiger partial charge in [0.05, 0.1) is 0 Å². The summed E-state index contributed by atoms with van der Waals surface area (Å²) >= 11 is 0. The molecule has 5 heteroatoms. The van der Waals surface area contributed by atoms with E-state index in [1.807, 2.05) is 0 Å². The monoisotopic (exact) mass is 224 g/mol. The zero-order chi connectivity index (χ0) is 11.8. The van der Waals surface area contributed by atoms with E-state index in [1.54, 1.807) is 12.3 Å². The normalized spacial score (nSPS) is 10.7. The molecule has 0 saturated carbocycles. The zero-order valence-corrected chi connectivity index (χ0v) is 9.94. The molecule has 1 heterocycles. The van der Waals surface area contributed by atoms with Crippen molar-refractivity contribution in [1.82, 2.24) is 9.97 Å². The number of hydrogen-bond acceptors (Lipinski definition) is 5. The van der Waals surface area contributed by atoms with Crippen molar-refractivity contribution in [3.63, 3.8) is 0 Å². The lowest BCUT2D eigenvalue weighted by molar-refractivity contribution is 0.110. The number of anilines is 2. The number of nitrogens with one attached hydrogen (secondary N) is 1. The minimum absolute atomic E-state index is 0.480. The third-order valence-corrected chi connectivity index (χ3v) is 1.88. The van der Waals surface area contributed by atoms with Gasteiger partial charge in [0.15, 0.2) is 0 Å². The first-order valence-electron chi connectivity index (χ1n) is 5.58. The van der Waals surface area contributed by atoms with Crippen LogP contribution in [0.1, 0.15) is 20.3 Å². The fraction of sp³-hybridized carbons (Fsp3) is 0.636. The maximum Gasteiger partial charge on any atom is 0.224 e. The highest BCUT2D eigenvalue weighted by Crippen LogP contribution is 2.01. The Kier molecular flexibility index (Phi) is 5.56. The van der Waals surface area contributed by atoms with E-state index in [1.165, 1.54) is 0 Å². The molecule has 1 rings (SSSR count). The smallest absolute Gasteiger partial charge is 0.224 e. The molecule has 3 N–H and O–H groups in total. The van der Waals surface area contributed by atoms with Gasteiger partial charge in [0.1, 0.15) is 5.82 Å². The van der Waals surface area contributed by atoms with Gasteiger partial charge in [-0.15, -0.1) is 0 Å². The molecule has 1 aromatic heterocycles. The summed E-state index contributed by atoms with van der Waals surface area (Å²) < 4.78 is 5.45. The van der Waals surface area contributed by atoms with Crippen LogP contribution in [0.3, 0.4) is 0 Å². The Morgan fingerprint density at radius 1 is 1.50 bits per heavy atom. The van der Waals surface area contributed by atoms with Gasteiger partial charge in [-0.1, -0.05) is 13.8 Å². The van der Waals surface area contributed by atoms with Gasteiger partial charge in [-0.2, -0.15) is 4.98 Å². The highest BCUT2D eigenvalue weighted by Gasteiger charge is 1.96. The number of aromatic nitrogens is 2. The highest BCUT2D eigenvalue weighted by molar-refractivity contribution is 5.34. The number of nitrogen functional groups attached to an aromatic ring is 1. The summed E-state index contributed by atoms with van der Waals surface area (Å²) in [6.07, 6.45) is 2.57. The minimum atomic E-state index is 0.480. The van der Waals surface area contributed by atoms with Crippen molar-refractivity contribution in [2.24, 2.45) is 5.92 Å². The Morgan fingerprint density at radius 2 is 2.31 bits per heavy atom. The quantitative estimate of drug-likeness (QED) is 0.687. The predicted octanol–water partition coefficient (Wildman–Crippen LogP) is 1.53. The summed E-state index contributed by atoms with van der Waals surface area (Å²) in [6, 6.07) is 1.66. The maximum atomic E-state index is 5.53. The van der Waals surface area contributed by atoms with Crippen molar-refractivity contribution in [3.8, 4) is 0 Å². The van der Waals surface area contributed by atoms with Gasteiger partial charge in [0.25, 0.3) is 0 Å². The summed E-state index contributed by atoms with van der Waals surface area (Å²) in [6.45, 7) is 6.64. The number of ether oxygens (including phenoxy) is 1. The summed E-state index contributed by atoms with van der Waals surface area (Å²) in [4.78, 5) is 8.08. The van der Waals surface area contributed by atoms with E-state index >= 15 is 0 Å². The van der Waals surface area contributed by atoms with Gasteiger partial charge in [-0.05, 0) is 18.4 Å². The molecule has 90 valence electrons. The fourth-order valence-electron chi connectivity index (χ4n) is 1.15. The van der Waals surface area contributed by atoms with Crippen LogP contribution in [0, 0.1) is 5.92 Å². The molecule has 16 heavy (non-hydrogen) atoms. The van der Waals surface area contributed by atoms with E-state index in [4.69, 9.17) is 10.5 Å². The molecular weight excluding hydrogens is 204 g/mol. The first-order valence-corrected chi connectivity index (χ1v) is 5.58. The first-order chi connectivity index (χ1) is 7.68. The summed E-state index contributed by atoms with van der Waals surface area (Å²) in [7, 11) is 0. The van der Waals surface area contributed by atoms with Crippen molar-refractivity contribution in [3.05, 3.63) is 12.3 Å². The van der Waals surface area contributed by atoms with E-state index in [9.17, 15) is 0 Å². The molecule has 5 nitrogen and oxygen atoms in total. The SMILES string of the molecule is CC(C)COCCCNc1nccc(N)n1. The van der Waals surface area contributed by atoms with E-state index < -0.39 is 0 Å². The second-order valence-electron chi connectivity index (χ2n) is 4.05. The van der Waals surface area contributed by atoms with Gasteiger partial charge in [0, 0.05) is 26.0 Å². The van der Waals surface area contributed by atoms with Gasteiger partial charge in [-0.25, -0.2) is 4.98 Å². The third kappa shape index (κ3) is 5.50. The average molecular weight is 224 g/mol. The van der Waals surface area contributed by atoms with Crippen molar-refractivity contribution < 1.29 is 4.74 Å². The Hall–Kier alpha value is -1.36. The van der Waals surface area contributed by atoms with Crippen LogP contribution < -0.4 is 11.1 Å². The molecule has 0 aliphatic rings. The molecule has 0 unspecified atom stereocenters. The molecule has 0 radical (unpaired) electrons. The van der Waals surface area contributed by atoms with Crippen LogP contribution in [0.4, 0.5) is 11.8 Å². The lowest BCUT2D eigenvalue weighted by Gasteiger charge is -2.07. The molecular formula is C11H20N4O. The lowest BCUT2D eigenvalue weighted by Crippen LogP contribution is -2.10. The van der Waals surface area contributed by atoms with Crippen LogP contribution in [-0.2, 0) is 4.74 Å². The second-order valence-corrected chi connectivity index (χ2v) is 4.05. The molecule has 0 aliphatic carbocycles. The van der Waals surface area contributed by atoms with Gasteiger partial charge >= 0.3 is 0 Å². The summed E-state index contributed by atoms with van der Waals surface area (Å²) in [5.74, 6) is 1.64. The zero-order valence-electron chi connectivity index (χ0n) is 9.94. The molecule has 0 fully saturated rings. The van der Waals surface area contributed by atoms with Gasteiger partial charge < -0.3 is 15.8 Å².